The van der Waals surface area contributed by atoms with Crippen LogP contribution in [0.2, 0.25) is 5.02 Å². The van der Waals surface area contributed by atoms with E-state index < -0.39 is 10.2 Å². The SMILES string of the molecule is Nc1cccc(Cl)c1C(=O)N1CCN(S(N)(=O)=O)CC1. The molecule has 1 aromatic carbocycles. The minimum absolute atomic E-state index is 0.162. The number of benzene rings is 1. The fourth-order valence-electron chi connectivity index (χ4n) is 2.07. The maximum atomic E-state index is 12.4. The number of nitrogens with zero attached hydrogens (tertiary/aromatic N) is 2. The number of hydrogen-bond acceptors (Lipinski definition) is 4. The van der Waals surface area contributed by atoms with Gasteiger partial charge < -0.3 is 10.6 Å². The molecule has 0 radical (unpaired) electrons. The van der Waals surface area contributed by atoms with Crippen LogP contribution in [0.3, 0.4) is 0 Å². The summed E-state index contributed by atoms with van der Waals surface area (Å²) in [4.78, 5) is 13.9. The van der Waals surface area contributed by atoms with Gasteiger partial charge in [0, 0.05) is 31.9 Å². The first-order valence-electron chi connectivity index (χ1n) is 5.92. The van der Waals surface area contributed by atoms with Crippen LogP contribution in [-0.4, -0.2) is 49.7 Å². The van der Waals surface area contributed by atoms with E-state index in [1.54, 1.807) is 18.2 Å². The fraction of sp³-hybridized carbons (Fsp3) is 0.364. The predicted octanol–water partition coefficient (Wildman–Crippen LogP) is -0.117. The molecule has 4 N–H and O–H groups in total. The highest BCUT2D eigenvalue weighted by Gasteiger charge is 2.28. The summed E-state index contributed by atoms with van der Waals surface area (Å²) in [6.45, 7) is 0.823. The highest BCUT2D eigenvalue weighted by atomic mass is 35.5. The molecule has 1 fully saturated rings. The third kappa shape index (κ3) is 3.04. The van der Waals surface area contributed by atoms with Crippen LogP contribution in [0.4, 0.5) is 5.69 Å². The van der Waals surface area contributed by atoms with Crippen LogP contribution in [0.25, 0.3) is 0 Å². The summed E-state index contributed by atoms with van der Waals surface area (Å²) in [7, 11) is -3.71. The summed E-state index contributed by atoms with van der Waals surface area (Å²) in [6.07, 6.45) is 0. The molecular formula is C11H15ClN4O3S. The zero-order chi connectivity index (χ0) is 14.9. The number of anilines is 1. The Bertz CT molecular complexity index is 606. The Morgan fingerprint density at radius 3 is 2.30 bits per heavy atom. The fourth-order valence-corrected chi connectivity index (χ4v) is 3.01. The Morgan fingerprint density at radius 2 is 1.80 bits per heavy atom. The van der Waals surface area contributed by atoms with Crippen molar-refractivity contribution in [1.82, 2.24) is 9.21 Å². The van der Waals surface area contributed by atoms with Crippen LogP contribution in [0.15, 0.2) is 18.2 Å². The highest BCUT2D eigenvalue weighted by Crippen LogP contribution is 2.24. The van der Waals surface area contributed by atoms with Gasteiger partial charge in [-0.2, -0.15) is 12.7 Å². The van der Waals surface area contributed by atoms with Crippen molar-refractivity contribution in [1.29, 1.82) is 0 Å². The molecule has 7 nitrogen and oxygen atoms in total. The zero-order valence-electron chi connectivity index (χ0n) is 10.6. The van der Waals surface area contributed by atoms with Gasteiger partial charge in [-0.05, 0) is 12.1 Å². The van der Waals surface area contributed by atoms with Crippen LogP contribution in [0.5, 0.6) is 0 Å². The summed E-state index contributed by atoms with van der Waals surface area (Å²) >= 11 is 5.99. The summed E-state index contributed by atoms with van der Waals surface area (Å²) in [5, 5.41) is 5.33. The lowest BCUT2D eigenvalue weighted by molar-refractivity contribution is 0.0699. The molecule has 110 valence electrons. The van der Waals surface area contributed by atoms with Crippen molar-refractivity contribution in [2.45, 2.75) is 0 Å². The van der Waals surface area contributed by atoms with E-state index in [-0.39, 0.29) is 42.7 Å². The Labute approximate surface area is 122 Å². The summed E-state index contributed by atoms with van der Waals surface area (Å²) in [5.74, 6) is -0.304. The molecule has 1 aliphatic heterocycles. The van der Waals surface area contributed by atoms with Gasteiger partial charge >= 0.3 is 0 Å². The molecule has 9 heteroatoms. The topological polar surface area (TPSA) is 110 Å². The Kier molecular flexibility index (Phi) is 4.19. The van der Waals surface area contributed by atoms with E-state index in [0.717, 1.165) is 4.31 Å². The zero-order valence-corrected chi connectivity index (χ0v) is 12.2. The summed E-state index contributed by atoms with van der Waals surface area (Å²) in [5.41, 5.74) is 6.32. The molecule has 20 heavy (non-hydrogen) atoms. The number of amides is 1. The van der Waals surface area contributed by atoms with Crippen molar-refractivity contribution in [2.75, 3.05) is 31.9 Å². The number of nitrogens with two attached hydrogens (primary N) is 2. The Morgan fingerprint density at radius 1 is 1.20 bits per heavy atom. The van der Waals surface area contributed by atoms with E-state index in [4.69, 9.17) is 22.5 Å². The van der Waals surface area contributed by atoms with E-state index in [9.17, 15) is 13.2 Å². The molecule has 1 saturated heterocycles. The molecule has 0 atom stereocenters. The smallest absolute Gasteiger partial charge is 0.277 e. The number of carbonyl (C=O) groups excluding carboxylic acids is 1. The first-order valence-corrected chi connectivity index (χ1v) is 7.80. The average molecular weight is 319 g/mol. The largest absolute Gasteiger partial charge is 0.398 e. The number of rotatable bonds is 2. The molecule has 2 rings (SSSR count). The standard InChI is InChI=1S/C11H15ClN4O3S/c12-8-2-1-3-9(13)10(8)11(17)15-4-6-16(7-5-15)20(14,18)19/h1-3H,4-7,13H2,(H2,14,18,19). The van der Waals surface area contributed by atoms with Crippen molar-refractivity contribution in [3.05, 3.63) is 28.8 Å². The first-order chi connectivity index (χ1) is 9.30. The van der Waals surface area contributed by atoms with Crippen molar-refractivity contribution >= 4 is 33.4 Å². The molecular weight excluding hydrogens is 304 g/mol. The van der Waals surface area contributed by atoms with Crippen LogP contribution >= 0.6 is 11.6 Å². The monoisotopic (exact) mass is 318 g/mol. The lowest BCUT2D eigenvalue weighted by Crippen LogP contribution is -2.52. The van der Waals surface area contributed by atoms with Gasteiger partial charge in [0.2, 0.25) is 0 Å². The second kappa shape index (κ2) is 5.57. The highest BCUT2D eigenvalue weighted by molar-refractivity contribution is 7.86. The van der Waals surface area contributed by atoms with E-state index in [2.05, 4.69) is 0 Å². The molecule has 0 aliphatic carbocycles. The molecule has 1 heterocycles. The maximum Gasteiger partial charge on any atom is 0.277 e. The minimum atomic E-state index is -3.71. The Balaban J connectivity index is 2.13. The molecule has 1 amide bonds. The third-order valence-electron chi connectivity index (χ3n) is 3.15. The van der Waals surface area contributed by atoms with Gasteiger partial charge in [-0.3, -0.25) is 4.79 Å². The van der Waals surface area contributed by atoms with Gasteiger partial charge in [0.1, 0.15) is 0 Å². The van der Waals surface area contributed by atoms with Gasteiger partial charge in [0.15, 0.2) is 0 Å². The quantitative estimate of drug-likeness (QED) is 0.741. The van der Waals surface area contributed by atoms with E-state index in [1.807, 2.05) is 0 Å². The van der Waals surface area contributed by atoms with Gasteiger partial charge in [-0.25, -0.2) is 5.14 Å². The van der Waals surface area contributed by atoms with Crippen LogP contribution in [-0.2, 0) is 10.2 Å². The lowest BCUT2D eigenvalue weighted by Gasteiger charge is -2.33. The maximum absolute atomic E-state index is 12.4. The second-order valence-electron chi connectivity index (χ2n) is 4.44. The van der Waals surface area contributed by atoms with Crippen molar-refractivity contribution in [3.63, 3.8) is 0 Å². The van der Waals surface area contributed by atoms with E-state index in [1.165, 1.54) is 4.90 Å². The lowest BCUT2D eigenvalue weighted by atomic mass is 10.1. The van der Waals surface area contributed by atoms with Crippen LogP contribution in [0.1, 0.15) is 10.4 Å². The Hall–Kier alpha value is -1.35. The van der Waals surface area contributed by atoms with Crippen LogP contribution in [0, 0.1) is 0 Å². The van der Waals surface area contributed by atoms with Crippen molar-refractivity contribution in [2.24, 2.45) is 5.14 Å². The number of hydrogen-bond donors (Lipinski definition) is 2. The summed E-state index contributed by atoms with van der Waals surface area (Å²) < 4.78 is 23.5. The predicted molar refractivity (Wildman–Crippen MR) is 76.4 cm³/mol. The van der Waals surface area contributed by atoms with E-state index in [0.29, 0.717) is 5.69 Å². The molecule has 0 spiro atoms. The summed E-state index contributed by atoms with van der Waals surface area (Å²) in [6, 6.07) is 4.85. The number of piperazine rings is 1. The first kappa shape index (κ1) is 15.0. The van der Waals surface area contributed by atoms with Crippen molar-refractivity contribution in [3.8, 4) is 0 Å². The minimum Gasteiger partial charge on any atom is -0.398 e. The molecule has 0 saturated carbocycles. The third-order valence-corrected chi connectivity index (χ3v) is 4.55. The van der Waals surface area contributed by atoms with Gasteiger partial charge in [-0.15, -0.1) is 0 Å². The molecule has 1 aromatic rings. The molecule has 1 aliphatic rings. The molecule has 0 bridgehead atoms. The average Bonchev–Trinajstić information content (AvgIpc) is 2.37. The normalized spacial score (nSPS) is 17.2. The molecule has 0 aromatic heterocycles. The van der Waals surface area contributed by atoms with Crippen molar-refractivity contribution < 1.29 is 13.2 Å². The number of halogens is 1. The second-order valence-corrected chi connectivity index (χ2v) is 6.39. The number of nitrogen functional groups attached to an aromatic ring is 1. The van der Waals surface area contributed by atoms with Gasteiger partial charge in [0.05, 0.1) is 10.6 Å². The van der Waals surface area contributed by atoms with Gasteiger partial charge in [0.25, 0.3) is 16.1 Å². The van der Waals surface area contributed by atoms with Gasteiger partial charge in [-0.1, -0.05) is 17.7 Å². The molecule has 0 unspecified atom stereocenters. The van der Waals surface area contributed by atoms with E-state index >= 15 is 0 Å². The number of carbonyl (C=O) groups is 1. The van der Waals surface area contributed by atoms with Crippen LogP contribution < -0.4 is 10.9 Å².